The summed E-state index contributed by atoms with van der Waals surface area (Å²) in [6.07, 6.45) is 2.50. The van der Waals surface area contributed by atoms with E-state index >= 15 is 0 Å². The lowest BCUT2D eigenvalue weighted by Crippen LogP contribution is -2.04. The maximum absolute atomic E-state index is 8.70. The Morgan fingerprint density at radius 2 is 2.46 bits per heavy atom. The zero-order valence-corrected chi connectivity index (χ0v) is 7.08. The van der Waals surface area contributed by atoms with E-state index in [1.165, 1.54) is 12.8 Å². The first-order chi connectivity index (χ1) is 6.31. The third-order valence-corrected chi connectivity index (χ3v) is 2.09. The Bertz CT molecular complexity index is 348. The number of aromatic nitrogens is 1. The van der Waals surface area contributed by atoms with Crippen molar-refractivity contribution in [1.29, 1.82) is 5.26 Å². The van der Waals surface area contributed by atoms with E-state index in [0.717, 1.165) is 12.5 Å². The number of anilines is 2. The van der Waals surface area contributed by atoms with Gasteiger partial charge in [-0.25, -0.2) is 0 Å². The van der Waals surface area contributed by atoms with Gasteiger partial charge in [-0.1, -0.05) is 5.16 Å². The number of rotatable bonds is 3. The van der Waals surface area contributed by atoms with E-state index < -0.39 is 0 Å². The van der Waals surface area contributed by atoms with E-state index in [4.69, 9.17) is 11.0 Å². The first kappa shape index (κ1) is 7.92. The van der Waals surface area contributed by atoms with Gasteiger partial charge in [0, 0.05) is 6.54 Å². The van der Waals surface area contributed by atoms with Crippen LogP contribution in [-0.4, -0.2) is 11.7 Å². The molecule has 0 saturated heterocycles. The van der Waals surface area contributed by atoms with Crippen LogP contribution < -0.4 is 11.1 Å². The molecule has 0 atom stereocenters. The number of hydrogen-bond acceptors (Lipinski definition) is 5. The highest BCUT2D eigenvalue weighted by Gasteiger charge is 2.22. The minimum absolute atomic E-state index is 0.0841. The van der Waals surface area contributed by atoms with Gasteiger partial charge in [0.15, 0.2) is 11.4 Å². The first-order valence-corrected chi connectivity index (χ1v) is 4.20. The van der Waals surface area contributed by atoms with Crippen LogP contribution in [0, 0.1) is 17.2 Å². The highest BCUT2D eigenvalue weighted by Crippen LogP contribution is 2.29. The number of nitrogens with zero attached hydrogens (tertiary/aromatic N) is 2. The Kier molecular flexibility index (Phi) is 1.81. The van der Waals surface area contributed by atoms with Crippen molar-refractivity contribution in [3.8, 4) is 6.07 Å². The van der Waals surface area contributed by atoms with Gasteiger partial charge >= 0.3 is 0 Å². The zero-order valence-electron chi connectivity index (χ0n) is 7.08. The molecule has 0 aliphatic heterocycles. The van der Waals surface area contributed by atoms with Crippen molar-refractivity contribution >= 4 is 11.7 Å². The maximum atomic E-state index is 8.70. The highest BCUT2D eigenvalue weighted by atomic mass is 16.5. The predicted octanol–water partition coefficient (Wildman–Crippen LogP) is 0.950. The Morgan fingerprint density at radius 3 is 3.08 bits per heavy atom. The van der Waals surface area contributed by atoms with E-state index in [9.17, 15) is 0 Å². The van der Waals surface area contributed by atoms with Crippen LogP contribution in [0.25, 0.3) is 0 Å². The molecule has 68 valence electrons. The molecule has 1 saturated carbocycles. The number of nitriles is 1. The first-order valence-electron chi connectivity index (χ1n) is 4.20. The molecule has 5 heteroatoms. The summed E-state index contributed by atoms with van der Waals surface area (Å²) in [5.74, 6) is 1.28. The van der Waals surface area contributed by atoms with E-state index in [1.54, 1.807) is 0 Å². The van der Waals surface area contributed by atoms with E-state index in [0.29, 0.717) is 11.4 Å². The Balaban J connectivity index is 2.05. The van der Waals surface area contributed by atoms with Gasteiger partial charge in [-0.2, -0.15) is 5.26 Å². The van der Waals surface area contributed by atoms with Crippen molar-refractivity contribution in [2.45, 2.75) is 12.8 Å². The summed E-state index contributed by atoms with van der Waals surface area (Å²) < 4.78 is 4.68. The van der Waals surface area contributed by atoms with Gasteiger partial charge in [-0.3, -0.25) is 0 Å². The molecule has 13 heavy (non-hydrogen) atoms. The molecule has 0 spiro atoms. The smallest absolute Gasteiger partial charge is 0.242 e. The molecule has 1 aliphatic carbocycles. The van der Waals surface area contributed by atoms with Crippen LogP contribution >= 0.6 is 0 Å². The van der Waals surface area contributed by atoms with E-state index in [1.807, 2.05) is 6.07 Å². The van der Waals surface area contributed by atoms with Crippen LogP contribution in [0.1, 0.15) is 18.4 Å². The Labute approximate surface area is 75.5 Å². The summed E-state index contributed by atoms with van der Waals surface area (Å²) in [4.78, 5) is 0. The van der Waals surface area contributed by atoms with Crippen LogP contribution in [0.15, 0.2) is 4.52 Å². The average molecular weight is 178 g/mol. The second-order valence-corrected chi connectivity index (χ2v) is 3.21. The molecule has 1 aromatic rings. The molecule has 2 rings (SSSR count). The van der Waals surface area contributed by atoms with Gasteiger partial charge in [-0.15, -0.1) is 0 Å². The monoisotopic (exact) mass is 178 g/mol. The molecular formula is C8H10N4O. The Hall–Kier alpha value is -1.70. The Morgan fingerprint density at radius 1 is 1.69 bits per heavy atom. The normalized spacial score (nSPS) is 15.3. The molecule has 0 bridgehead atoms. The van der Waals surface area contributed by atoms with Crippen LogP contribution in [-0.2, 0) is 0 Å². The largest absolute Gasteiger partial charge is 0.366 e. The lowest BCUT2D eigenvalue weighted by molar-refractivity contribution is 0.439. The van der Waals surface area contributed by atoms with Gasteiger partial charge in [0.1, 0.15) is 6.07 Å². The SMILES string of the molecule is N#Cc1c(NCC2CC2)noc1N. The lowest BCUT2D eigenvalue weighted by atomic mass is 10.3. The molecule has 1 aliphatic rings. The van der Waals surface area contributed by atoms with Crippen molar-refractivity contribution in [2.24, 2.45) is 5.92 Å². The number of hydrogen-bond donors (Lipinski definition) is 2. The third-order valence-electron chi connectivity index (χ3n) is 2.09. The van der Waals surface area contributed by atoms with Crippen molar-refractivity contribution in [3.63, 3.8) is 0 Å². The van der Waals surface area contributed by atoms with Gasteiger partial charge < -0.3 is 15.6 Å². The maximum Gasteiger partial charge on any atom is 0.242 e. The molecule has 3 N–H and O–H groups in total. The molecule has 1 heterocycles. The molecule has 1 aromatic heterocycles. The van der Waals surface area contributed by atoms with Crippen molar-refractivity contribution in [3.05, 3.63) is 5.56 Å². The van der Waals surface area contributed by atoms with Gasteiger partial charge in [0.25, 0.3) is 0 Å². The molecule has 1 fully saturated rings. The molecule has 5 nitrogen and oxygen atoms in total. The van der Waals surface area contributed by atoms with Gasteiger partial charge in [0.05, 0.1) is 0 Å². The van der Waals surface area contributed by atoms with Gasteiger partial charge in [-0.05, 0) is 18.8 Å². The van der Waals surface area contributed by atoms with Crippen molar-refractivity contribution < 1.29 is 4.52 Å². The number of nitrogen functional groups attached to an aromatic ring is 1. The van der Waals surface area contributed by atoms with Crippen LogP contribution in [0.2, 0.25) is 0 Å². The fourth-order valence-electron chi connectivity index (χ4n) is 1.09. The fourth-order valence-corrected chi connectivity index (χ4v) is 1.09. The van der Waals surface area contributed by atoms with Crippen molar-refractivity contribution in [2.75, 3.05) is 17.6 Å². The van der Waals surface area contributed by atoms with E-state index in [2.05, 4.69) is 15.0 Å². The highest BCUT2D eigenvalue weighted by molar-refractivity contribution is 5.61. The standard InChI is InChI=1S/C8H10N4O/c9-3-6-7(10)13-12-8(6)11-4-5-1-2-5/h5H,1-2,4,10H2,(H,11,12). The summed E-state index contributed by atoms with van der Waals surface area (Å²) in [6.45, 7) is 0.848. The summed E-state index contributed by atoms with van der Waals surface area (Å²) in [5, 5.41) is 15.4. The summed E-state index contributed by atoms with van der Waals surface area (Å²) in [6, 6.07) is 1.94. The average Bonchev–Trinajstić information content (AvgIpc) is 2.88. The van der Waals surface area contributed by atoms with Crippen LogP contribution in [0.3, 0.4) is 0 Å². The molecule has 0 amide bonds. The number of nitrogens with one attached hydrogen (secondary N) is 1. The lowest BCUT2D eigenvalue weighted by Gasteiger charge is -1.98. The topological polar surface area (TPSA) is 87.9 Å². The second-order valence-electron chi connectivity index (χ2n) is 3.21. The molecule has 0 aromatic carbocycles. The molecular weight excluding hydrogens is 168 g/mol. The van der Waals surface area contributed by atoms with Gasteiger partial charge in [0.2, 0.25) is 5.88 Å². The minimum Gasteiger partial charge on any atom is -0.366 e. The minimum atomic E-state index is 0.0841. The van der Waals surface area contributed by atoms with Crippen molar-refractivity contribution in [1.82, 2.24) is 5.16 Å². The predicted molar refractivity (Wildman–Crippen MR) is 46.8 cm³/mol. The van der Waals surface area contributed by atoms with E-state index in [-0.39, 0.29) is 5.88 Å². The summed E-state index contributed by atoms with van der Waals surface area (Å²) in [5.41, 5.74) is 5.69. The van der Waals surface area contributed by atoms with Crippen LogP contribution in [0.4, 0.5) is 11.7 Å². The number of nitrogens with two attached hydrogens (primary N) is 1. The fraction of sp³-hybridized carbons (Fsp3) is 0.500. The molecule has 0 radical (unpaired) electrons. The zero-order chi connectivity index (χ0) is 9.26. The summed E-state index contributed by atoms with van der Waals surface area (Å²) >= 11 is 0. The summed E-state index contributed by atoms with van der Waals surface area (Å²) in [7, 11) is 0. The van der Waals surface area contributed by atoms with Crippen LogP contribution in [0.5, 0.6) is 0 Å². The second kappa shape index (κ2) is 2.98. The quantitative estimate of drug-likeness (QED) is 0.719. The molecule has 0 unspecified atom stereocenters. The third kappa shape index (κ3) is 1.56.